The molecule has 2 aliphatic heterocycles. The number of halogens is 2. The third-order valence-electron chi connectivity index (χ3n) is 5.23. The first kappa shape index (κ1) is 25.7. The summed E-state index contributed by atoms with van der Waals surface area (Å²) >= 11 is 12.3. The topological polar surface area (TPSA) is 109 Å². The molecule has 1 saturated heterocycles. The molecule has 0 amide bonds. The fourth-order valence-corrected chi connectivity index (χ4v) is 4.11. The molecule has 1 fully saturated rings. The zero-order valence-corrected chi connectivity index (χ0v) is 19.9. The van der Waals surface area contributed by atoms with Crippen LogP contribution in [0, 0.1) is 0 Å². The predicted octanol–water partition coefficient (Wildman–Crippen LogP) is 3.51. The van der Waals surface area contributed by atoms with Gasteiger partial charge in [-0.1, -0.05) is 35.3 Å². The van der Waals surface area contributed by atoms with Crippen LogP contribution in [0.15, 0.2) is 36.4 Å². The SMILES string of the molecule is Clc1cccc(Cl)c1OCCCN1CCN(c2cccc3c2OCCO3)CC1.O=C(O)C(=O)O. The quantitative estimate of drug-likeness (QED) is 0.443. The van der Waals surface area contributed by atoms with Gasteiger partial charge in [-0.25, -0.2) is 9.59 Å². The van der Waals surface area contributed by atoms with Gasteiger partial charge in [0.05, 0.1) is 22.3 Å². The first-order valence-corrected chi connectivity index (χ1v) is 11.5. The number of rotatable bonds is 6. The van der Waals surface area contributed by atoms with Crippen LogP contribution in [0.25, 0.3) is 0 Å². The summed E-state index contributed by atoms with van der Waals surface area (Å²) in [7, 11) is 0. The molecule has 0 unspecified atom stereocenters. The number of para-hydroxylation sites is 2. The lowest BCUT2D eigenvalue weighted by atomic mass is 10.2. The Morgan fingerprint density at radius 2 is 1.53 bits per heavy atom. The van der Waals surface area contributed by atoms with Gasteiger partial charge < -0.3 is 29.3 Å². The van der Waals surface area contributed by atoms with Crippen LogP contribution in [-0.2, 0) is 9.59 Å². The molecule has 9 nitrogen and oxygen atoms in total. The zero-order valence-electron chi connectivity index (χ0n) is 18.4. The molecule has 0 spiro atoms. The number of hydrogen-bond acceptors (Lipinski definition) is 7. The normalized spacial score (nSPS) is 15.2. The smallest absolute Gasteiger partial charge is 0.414 e. The van der Waals surface area contributed by atoms with Gasteiger partial charge in [-0.2, -0.15) is 0 Å². The van der Waals surface area contributed by atoms with Crippen LogP contribution in [-0.4, -0.2) is 79.6 Å². The summed E-state index contributed by atoms with van der Waals surface area (Å²) < 4.78 is 17.3. The minimum absolute atomic E-state index is 0.554. The van der Waals surface area contributed by atoms with Crippen molar-refractivity contribution in [2.45, 2.75) is 6.42 Å². The number of carboxylic acid groups (broad SMARTS) is 2. The van der Waals surface area contributed by atoms with Gasteiger partial charge in [-0.3, -0.25) is 4.90 Å². The molecule has 11 heteroatoms. The van der Waals surface area contributed by atoms with E-state index >= 15 is 0 Å². The van der Waals surface area contributed by atoms with Crippen LogP contribution in [0.5, 0.6) is 17.2 Å². The number of piperazine rings is 1. The van der Waals surface area contributed by atoms with Crippen LogP contribution in [0.1, 0.15) is 6.42 Å². The van der Waals surface area contributed by atoms with Crippen molar-refractivity contribution < 1.29 is 34.0 Å². The van der Waals surface area contributed by atoms with Gasteiger partial charge in [-0.15, -0.1) is 0 Å². The van der Waals surface area contributed by atoms with Gasteiger partial charge in [0.25, 0.3) is 0 Å². The van der Waals surface area contributed by atoms with Crippen LogP contribution in [0.4, 0.5) is 5.69 Å². The van der Waals surface area contributed by atoms with Gasteiger partial charge in [0, 0.05) is 32.7 Å². The summed E-state index contributed by atoms with van der Waals surface area (Å²) in [6.07, 6.45) is 0.930. The number of nitrogens with zero attached hydrogens (tertiary/aromatic N) is 2. The average Bonchev–Trinajstić information content (AvgIpc) is 2.84. The summed E-state index contributed by atoms with van der Waals surface area (Å²) in [6.45, 7) is 6.78. The van der Waals surface area contributed by atoms with E-state index in [0.29, 0.717) is 35.6 Å². The van der Waals surface area contributed by atoms with E-state index in [2.05, 4.69) is 15.9 Å². The molecule has 0 bridgehead atoms. The van der Waals surface area contributed by atoms with Gasteiger partial charge in [0.15, 0.2) is 17.2 Å². The van der Waals surface area contributed by atoms with Gasteiger partial charge in [0.2, 0.25) is 0 Å². The highest BCUT2D eigenvalue weighted by Crippen LogP contribution is 2.39. The van der Waals surface area contributed by atoms with Crippen molar-refractivity contribution in [3.63, 3.8) is 0 Å². The molecule has 0 aliphatic carbocycles. The molecule has 0 atom stereocenters. The Morgan fingerprint density at radius 1 is 0.912 bits per heavy atom. The highest BCUT2D eigenvalue weighted by Gasteiger charge is 2.23. The molecule has 2 N–H and O–H groups in total. The van der Waals surface area contributed by atoms with E-state index in [-0.39, 0.29) is 0 Å². The molecule has 2 aromatic rings. The highest BCUT2D eigenvalue weighted by molar-refractivity contribution is 6.37. The monoisotopic (exact) mass is 512 g/mol. The summed E-state index contributed by atoms with van der Waals surface area (Å²) in [6, 6.07) is 11.5. The Kier molecular flexibility index (Phi) is 9.50. The third-order valence-corrected chi connectivity index (χ3v) is 5.82. The Balaban J connectivity index is 0.000000481. The molecule has 184 valence electrons. The minimum Gasteiger partial charge on any atom is -0.490 e. The van der Waals surface area contributed by atoms with Crippen molar-refractivity contribution in [2.24, 2.45) is 0 Å². The predicted molar refractivity (Wildman–Crippen MR) is 128 cm³/mol. The van der Waals surface area contributed by atoms with Crippen molar-refractivity contribution >= 4 is 40.8 Å². The Hall–Kier alpha value is -2.88. The Bertz CT molecular complexity index is 965. The molecule has 0 aromatic heterocycles. The standard InChI is InChI=1S/C21H24Cl2N2O3.C2H2O4/c22-16-4-1-5-17(23)20(16)27-13-3-8-24-9-11-25(12-10-24)18-6-2-7-19-21(18)28-15-14-26-19;3-1(4)2(5)6/h1-2,4-7H,3,8-15H2;(H,3,4)(H,5,6). The van der Waals surface area contributed by atoms with Crippen LogP contribution >= 0.6 is 23.2 Å². The number of anilines is 1. The largest absolute Gasteiger partial charge is 0.490 e. The number of hydrogen-bond donors (Lipinski definition) is 2. The van der Waals surface area contributed by atoms with E-state index in [1.54, 1.807) is 12.1 Å². The molecule has 0 radical (unpaired) electrons. The number of carbonyl (C=O) groups is 2. The fourth-order valence-electron chi connectivity index (χ4n) is 3.60. The van der Waals surface area contributed by atoms with Crippen molar-refractivity contribution in [3.8, 4) is 17.2 Å². The number of carboxylic acids is 2. The Morgan fingerprint density at radius 3 is 2.18 bits per heavy atom. The summed E-state index contributed by atoms with van der Waals surface area (Å²) in [5.41, 5.74) is 1.13. The first-order valence-electron chi connectivity index (χ1n) is 10.8. The minimum atomic E-state index is -1.82. The van der Waals surface area contributed by atoms with Crippen LogP contribution < -0.4 is 19.1 Å². The van der Waals surface area contributed by atoms with Crippen molar-refractivity contribution in [2.75, 3.05) is 57.4 Å². The van der Waals surface area contributed by atoms with E-state index in [1.165, 1.54) is 0 Å². The second-order valence-corrected chi connectivity index (χ2v) is 8.31. The average molecular weight is 513 g/mol. The van der Waals surface area contributed by atoms with E-state index in [1.807, 2.05) is 18.2 Å². The second-order valence-electron chi connectivity index (χ2n) is 7.49. The molecular weight excluding hydrogens is 487 g/mol. The number of fused-ring (bicyclic) bond motifs is 1. The van der Waals surface area contributed by atoms with E-state index in [9.17, 15) is 0 Å². The van der Waals surface area contributed by atoms with Gasteiger partial charge >= 0.3 is 11.9 Å². The van der Waals surface area contributed by atoms with E-state index < -0.39 is 11.9 Å². The second kappa shape index (κ2) is 12.5. The summed E-state index contributed by atoms with van der Waals surface area (Å²) in [5, 5.41) is 15.9. The van der Waals surface area contributed by atoms with Crippen LogP contribution in [0.3, 0.4) is 0 Å². The molecule has 4 rings (SSSR count). The molecule has 34 heavy (non-hydrogen) atoms. The lowest BCUT2D eigenvalue weighted by Crippen LogP contribution is -2.47. The highest BCUT2D eigenvalue weighted by atomic mass is 35.5. The molecule has 2 aromatic carbocycles. The number of benzene rings is 2. The summed E-state index contributed by atoms with van der Waals surface area (Å²) in [4.78, 5) is 23.0. The lowest BCUT2D eigenvalue weighted by Gasteiger charge is -2.37. The van der Waals surface area contributed by atoms with E-state index in [0.717, 1.165) is 56.3 Å². The van der Waals surface area contributed by atoms with Gasteiger partial charge in [-0.05, 0) is 30.7 Å². The zero-order chi connectivity index (χ0) is 24.5. The maximum atomic E-state index is 9.10. The maximum Gasteiger partial charge on any atom is 0.414 e. The summed E-state index contributed by atoms with van der Waals surface area (Å²) in [5.74, 6) is -1.34. The molecular formula is C23H26Cl2N2O7. The Labute approximate surface area is 207 Å². The lowest BCUT2D eigenvalue weighted by molar-refractivity contribution is -0.159. The van der Waals surface area contributed by atoms with E-state index in [4.69, 9.17) is 57.2 Å². The number of aliphatic carboxylic acids is 2. The van der Waals surface area contributed by atoms with Gasteiger partial charge in [0.1, 0.15) is 13.2 Å². The number of ether oxygens (including phenoxy) is 3. The molecule has 0 saturated carbocycles. The first-order chi connectivity index (χ1) is 16.4. The third kappa shape index (κ3) is 7.06. The maximum absolute atomic E-state index is 9.10. The van der Waals surface area contributed by atoms with Crippen molar-refractivity contribution in [3.05, 3.63) is 46.4 Å². The molecule has 2 aliphatic rings. The molecule has 2 heterocycles. The van der Waals surface area contributed by atoms with Crippen LogP contribution in [0.2, 0.25) is 10.0 Å². The van der Waals surface area contributed by atoms with Crippen molar-refractivity contribution in [1.29, 1.82) is 0 Å². The fraction of sp³-hybridized carbons (Fsp3) is 0.391. The van der Waals surface area contributed by atoms with Crippen molar-refractivity contribution in [1.82, 2.24) is 4.90 Å².